The average Bonchev–Trinajstić information content (AvgIpc) is 3.81. The predicted octanol–water partition coefficient (Wildman–Crippen LogP) is 8.11. The summed E-state index contributed by atoms with van der Waals surface area (Å²) in [7, 11) is -0.801. The van der Waals surface area contributed by atoms with E-state index in [0.29, 0.717) is 17.9 Å². The Kier molecular flexibility index (Phi) is 13.8. The lowest BCUT2D eigenvalue weighted by molar-refractivity contribution is -0.119. The summed E-state index contributed by atoms with van der Waals surface area (Å²) in [5.41, 5.74) is 0.770. The second-order valence-corrected chi connectivity index (χ2v) is 22.0. The molecule has 1 aliphatic heterocycles. The number of ether oxygens (including phenoxy) is 4. The van der Waals surface area contributed by atoms with Gasteiger partial charge in [-0.1, -0.05) is 89.2 Å². The Balaban J connectivity index is 1.51. The summed E-state index contributed by atoms with van der Waals surface area (Å²) in [5.74, 6) is 0.658. The molecule has 0 radical (unpaired) electrons. The number of aromatic nitrogens is 4. The van der Waals surface area contributed by atoms with E-state index in [-0.39, 0.29) is 40.6 Å². The molecule has 1 aliphatic rings. The highest BCUT2D eigenvalue weighted by Gasteiger charge is 2.56. The van der Waals surface area contributed by atoms with Crippen LogP contribution < -0.4 is 20.3 Å². The Morgan fingerprint density at radius 3 is 2.05 bits per heavy atom. The molecular weight excluding hydrogens is 806 g/mol. The smallest absolute Gasteiger partial charge is 0.497 e. The first-order valence-electron chi connectivity index (χ1n) is 19.8. The molecule has 5 aromatic rings. The van der Waals surface area contributed by atoms with Crippen LogP contribution in [0.1, 0.15) is 64.0 Å². The summed E-state index contributed by atoms with van der Waals surface area (Å²) in [6.45, 7) is 14.2. The SMILES string of the molecule is CCC(C)C(=O)Nc1nc2c(ncn2[C@@H]2O[C@H](COC(c3ccccc3)(c3ccc(OC)cc3)c3ccc(OC)cc3)[C@H](O[Si](C)(C)C(C)(C)C)[C@@H]2O[P+](=O)OC)c(=O)[nH]1. The number of H-pyrrole nitrogens is 1. The molecule has 17 heteroatoms. The maximum atomic E-state index is 13.4. The number of aromatic amines is 1. The molecule has 0 bridgehead atoms. The van der Waals surface area contributed by atoms with E-state index in [1.54, 1.807) is 21.1 Å². The summed E-state index contributed by atoms with van der Waals surface area (Å²) >= 11 is 0. The fourth-order valence-corrected chi connectivity index (χ4v) is 8.69. The van der Waals surface area contributed by atoms with Crippen molar-refractivity contribution >= 4 is 39.6 Å². The lowest BCUT2D eigenvalue weighted by Crippen LogP contribution is -2.50. The molecule has 15 nitrogen and oxygen atoms in total. The molecule has 0 spiro atoms. The summed E-state index contributed by atoms with van der Waals surface area (Å²) in [5, 5.41) is 2.45. The minimum absolute atomic E-state index is 0.00121. The summed E-state index contributed by atoms with van der Waals surface area (Å²) in [6.07, 6.45) is -1.94. The normalized spacial score (nSPS) is 19.3. The number of rotatable bonds is 17. The Hall–Kier alpha value is -4.80. The van der Waals surface area contributed by atoms with Crippen LogP contribution in [0.2, 0.25) is 18.1 Å². The maximum absolute atomic E-state index is 13.4. The van der Waals surface area contributed by atoms with Crippen molar-refractivity contribution < 1.29 is 41.8 Å². The van der Waals surface area contributed by atoms with E-state index in [4.69, 9.17) is 32.4 Å². The Bertz CT molecular complexity index is 2270. The number of amides is 1. The molecule has 2 aromatic heterocycles. The van der Waals surface area contributed by atoms with Crippen molar-refractivity contribution in [1.82, 2.24) is 19.5 Å². The van der Waals surface area contributed by atoms with E-state index in [9.17, 15) is 14.2 Å². The van der Waals surface area contributed by atoms with E-state index in [1.165, 1.54) is 18.0 Å². The quantitative estimate of drug-likeness (QED) is 0.0523. The molecule has 3 aromatic carbocycles. The molecule has 60 heavy (non-hydrogen) atoms. The molecule has 1 fully saturated rings. The maximum Gasteiger partial charge on any atom is 0.697 e. The number of nitrogens with one attached hydrogen (secondary N) is 2. The molecule has 0 saturated carbocycles. The van der Waals surface area contributed by atoms with Gasteiger partial charge in [0.1, 0.15) is 29.3 Å². The average molecular weight is 861 g/mol. The van der Waals surface area contributed by atoms with Crippen LogP contribution >= 0.6 is 8.25 Å². The van der Waals surface area contributed by atoms with Gasteiger partial charge in [0.05, 0.1) is 34.3 Å². The zero-order valence-electron chi connectivity index (χ0n) is 35.8. The number of benzene rings is 3. The zero-order valence-corrected chi connectivity index (χ0v) is 37.6. The zero-order chi connectivity index (χ0) is 43.4. The number of imidazole rings is 1. The fourth-order valence-electron chi connectivity index (χ4n) is 6.86. The monoisotopic (exact) mass is 860 g/mol. The van der Waals surface area contributed by atoms with Crippen LogP contribution in [0.4, 0.5) is 5.95 Å². The number of hydrogen-bond donors (Lipinski definition) is 2. The number of hydrogen-bond acceptors (Lipinski definition) is 12. The molecular formula is C43H55N5O10PSi+. The van der Waals surface area contributed by atoms with Gasteiger partial charge in [-0.25, -0.2) is 4.98 Å². The lowest BCUT2D eigenvalue weighted by atomic mass is 9.80. The van der Waals surface area contributed by atoms with Crippen LogP contribution in [-0.4, -0.2) is 80.0 Å². The van der Waals surface area contributed by atoms with Crippen LogP contribution in [0.5, 0.6) is 11.5 Å². The second kappa shape index (κ2) is 18.4. The number of fused-ring (bicyclic) bond motifs is 1. The molecule has 1 amide bonds. The molecule has 0 aliphatic carbocycles. The number of anilines is 1. The minimum Gasteiger partial charge on any atom is -0.497 e. The predicted molar refractivity (Wildman–Crippen MR) is 230 cm³/mol. The Morgan fingerprint density at radius 2 is 1.52 bits per heavy atom. The molecule has 1 saturated heterocycles. The van der Waals surface area contributed by atoms with Crippen molar-refractivity contribution in [1.29, 1.82) is 0 Å². The molecule has 6 atom stereocenters. The van der Waals surface area contributed by atoms with E-state index in [1.807, 2.05) is 85.8 Å². The molecule has 2 N–H and O–H groups in total. The first-order valence-corrected chi connectivity index (χ1v) is 23.8. The Morgan fingerprint density at radius 1 is 0.933 bits per heavy atom. The van der Waals surface area contributed by atoms with Crippen molar-refractivity contribution in [3.63, 3.8) is 0 Å². The standard InChI is InChI=1S/C43H54N5O10PSi/c1-11-27(2)38(49)46-41-45-37-34(39(50)47-41)44-26-48(37)40-36(57-59(51)54-8)35(58-60(9,10)42(3,4)5)33(56-40)25-55-43(28-15-13-12-14-16-28,29-17-21-31(52-6)22-18-29)30-19-23-32(53-7)24-20-30/h12-24,26-27,33,35-36,40H,11,25H2,1-10H3,(H-,45,46,47,49,50)/p+1/t27?,33-,35+,36+,40-/m1/s1. The number of nitrogens with zero attached hydrogens (tertiary/aromatic N) is 3. The fraction of sp³-hybridized carbons (Fsp3) is 0.442. The topological polar surface area (TPSA) is 174 Å². The number of carbonyl (C=O) groups is 1. The van der Waals surface area contributed by atoms with Crippen molar-refractivity contribution in [3.05, 3.63) is 112 Å². The molecule has 3 heterocycles. The van der Waals surface area contributed by atoms with Crippen LogP contribution in [0.25, 0.3) is 11.2 Å². The lowest BCUT2D eigenvalue weighted by Gasteiger charge is -2.41. The number of methoxy groups -OCH3 is 2. The van der Waals surface area contributed by atoms with Crippen molar-refractivity contribution in [2.45, 2.75) is 89.3 Å². The van der Waals surface area contributed by atoms with Gasteiger partial charge in [-0.05, 0) is 65.5 Å². The van der Waals surface area contributed by atoms with Crippen LogP contribution in [-0.2, 0) is 37.9 Å². The third-order valence-electron chi connectivity index (χ3n) is 11.5. The second-order valence-electron chi connectivity index (χ2n) is 16.2. The third kappa shape index (κ3) is 9.10. The highest BCUT2D eigenvalue weighted by atomic mass is 31.1. The van der Waals surface area contributed by atoms with Gasteiger partial charge in [0.15, 0.2) is 31.8 Å². The third-order valence-corrected chi connectivity index (χ3v) is 16.7. The molecule has 6 rings (SSSR count). The summed E-state index contributed by atoms with van der Waals surface area (Å²) in [6, 6.07) is 25.3. The van der Waals surface area contributed by atoms with E-state index < -0.39 is 52.3 Å². The summed E-state index contributed by atoms with van der Waals surface area (Å²) < 4.78 is 58.7. The van der Waals surface area contributed by atoms with Crippen molar-refractivity contribution in [3.8, 4) is 11.5 Å². The van der Waals surface area contributed by atoms with Crippen LogP contribution in [0, 0.1) is 5.92 Å². The van der Waals surface area contributed by atoms with Gasteiger partial charge in [-0.15, -0.1) is 9.05 Å². The number of carbonyl (C=O) groups excluding carboxylic acids is 1. The van der Waals surface area contributed by atoms with Gasteiger partial charge in [-0.2, -0.15) is 4.98 Å². The largest absolute Gasteiger partial charge is 0.697 e. The van der Waals surface area contributed by atoms with E-state index >= 15 is 0 Å². The first kappa shape index (κ1) is 44.7. The van der Waals surface area contributed by atoms with E-state index in [2.05, 4.69) is 54.1 Å². The van der Waals surface area contributed by atoms with Crippen LogP contribution in [0.3, 0.4) is 0 Å². The highest BCUT2D eigenvalue weighted by Crippen LogP contribution is 2.47. The van der Waals surface area contributed by atoms with E-state index in [0.717, 1.165) is 16.7 Å². The van der Waals surface area contributed by atoms with Gasteiger partial charge in [0.2, 0.25) is 11.9 Å². The van der Waals surface area contributed by atoms with Crippen LogP contribution in [0.15, 0.2) is 90.0 Å². The Labute approximate surface area is 352 Å². The first-order chi connectivity index (χ1) is 28.6. The van der Waals surface area contributed by atoms with Crippen molar-refractivity contribution in [2.24, 2.45) is 5.92 Å². The van der Waals surface area contributed by atoms with Gasteiger partial charge in [0, 0.05) is 10.5 Å². The molecule has 2 unspecified atom stereocenters. The van der Waals surface area contributed by atoms with Gasteiger partial charge < -0.3 is 23.4 Å². The minimum atomic E-state index is -2.67. The highest BCUT2D eigenvalue weighted by molar-refractivity contribution is 7.33. The molecule has 320 valence electrons. The van der Waals surface area contributed by atoms with Crippen molar-refractivity contribution in [2.75, 3.05) is 33.3 Å². The van der Waals surface area contributed by atoms with Gasteiger partial charge in [-0.3, -0.25) is 24.5 Å². The van der Waals surface area contributed by atoms with Gasteiger partial charge in [0.25, 0.3) is 5.56 Å². The summed E-state index contributed by atoms with van der Waals surface area (Å²) in [4.78, 5) is 37.9. The van der Waals surface area contributed by atoms with Gasteiger partial charge >= 0.3 is 8.25 Å².